The molecule has 0 aromatic heterocycles. The Balaban J connectivity index is 1.32. The summed E-state index contributed by atoms with van der Waals surface area (Å²) in [6, 6.07) is 15.5. The van der Waals surface area contributed by atoms with Crippen LogP contribution in [0.25, 0.3) is 5.57 Å². The molecule has 3 aliphatic rings. The Kier molecular flexibility index (Phi) is 16.0. The lowest BCUT2D eigenvalue weighted by molar-refractivity contribution is -0.757. The van der Waals surface area contributed by atoms with Gasteiger partial charge in [-0.15, -0.1) is 10.1 Å². The first kappa shape index (κ1) is 48.7. The number of nitrogens with zero attached hydrogens (tertiary/aromatic N) is 4. The molecule has 0 spiro atoms. The first-order valence-electron chi connectivity index (χ1n) is 21.4. The summed E-state index contributed by atoms with van der Waals surface area (Å²) in [6.45, 7) is 5.58. The van der Waals surface area contributed by atoms with E-state index >= 15 is 4.79 Å². The van der Waals surface area contributed by atoms with Gasteiger partial charge in [0.25, 0.3) is 11.0 Å². The SMILES string of the molecule is Cc1ccccc1CCN(C(=O)C1=C(c2ccc(CCCOc3c(F)ccc(F)c3F)cc2)CC2CN(C(=O)OCCCCO[N+](=O)[O-])CC1N2C(=O)CC(C)(C)C(Cl)(Cl)Cl)C1CC1. The van der Waals surface area contributed by atoms with Crippen molar-refractivity contribution in [1.29, 1.82) is 0 Å². The molecule has 346 valence electrons. The lowest BCUT2D eigenvalue weighted by Crippen LogP contribution is -2.65. The average Bonchev–Trinajstić information content (AvgIpc) is 4.08. The number of unbranched alkanes of at least 4 members (excludes halogenated alkanes) is 1. The summed E-state index contributed by atoms with van der Waals surface area (Å²) in [5.74, 6) is -4.95. The summed E-state index contributed by atoms with van der Waals surface area (Å²) in [7, 11) is 0. The molecule has 1 saturated carbocycles. The van der Waals surface area contributed by atoms with Crippen molar-refractivity contribution in [3.05, 3.63) is 116 Å². The third kappa shape index (κ3) is 11.9. The zero-order valence-corrected chi connectivity index (χ0v) is 38.2. The van der Waals surface area contributed by atoms with E-state index in [1.54, 1.807) is 18.7 Å². The number of benzene rings is 3. The Labute approximate surface area is 385 Å². The van der Waals surface area contributed by atoms with Crippen molar-refractivity contribution in [3.63, 3.8) is 0 Å². The van der Waals surface area contributed by atoms with Crippen LogP contribution in [0.3, 0.4) is 0 Å². The highest BCUT2D eigenvalue weighted by atomic mass is 35.6. The molecular formula is C46H52Cl3F3N4O8. The molecule has 2 aliphatic heterocycles. The van der Waals surface area contributed by atoms with Crippen molar-refractivity contribution in [2.45, 2.75) is 100 Å². The van der Waals surface area contributed by atoms with Crippen LogP contribution in [-0.4, -0.2) is 99.1 Å². The van der Waals surface area contributed by atoms with Gasteiger partial charge in [0.1, 0.15) is 0 Å². The van der Waals surface area contributed by atoms with E-state index in [-0.39, 0.29) is 70.0 Å². The monoisotopic (exact) mass is 950 g/mol. The van der Waals surface area contributed by atoms with Crippen LogP contribution in [0, 0.1) is 39.9 Å². The number of hydrogen-bond acceptors (Lipinski definition) is 8. The summed E-state index contributed by atoms with van der Waals surface area (Å²) in [4.78, 5) is 63.6. The molecule has 18 heteroatoms. The van der Waals surface area contributed by atoms with Gasteiger partial charge < -0.3 is 29.0 Å². The van der Waals surface area contributed by atoms with Gasteiger partial charge in [-0.2, -0.15) is 4.39 Å². The first-order valence-corrected chi connectivity index (χ1v) is 22.5. The lowest BCUT2D eigenvalue weighted by Gasteiger charge is -2.52. The topological polar surface area (TPSA) is 132 Å². The van der Waals surface area contributed by atoms with E-state index in [1.807, 2.05) is 60.4 Å². The van der Waals surface area contributed by atoms with Crippen molar-refractivity contribution < 1.29 is 47.0 Å². The number of aryl methyl sites for hydroxylation is 2. The maximum Gasteiger partial charge on any atom is 0.409 e. The Hall–Kier alpha value is -4.73. The van der Waals surface area contributed by atoms with E-state index in [9.17, 15) is 32.9 Å². The highest BCUT2D eigenvalue weighted by molar-refractivity contribution is 6.68. The highest BCUT2D eigenvalue weighted by Crippen LogP contribution is 2.48. The Morgan fingerprint density at radius 3 is 2.25 bits per heavy atom. The van der Waals surface area contributed by atoms with Gasteiger partial charge in [-0.05, 0) is 98.2 Å². The van der Waals surface area contributed by atoms with Crippen molar-refractivity contribution in [2.24, 2.45) is 5.41 Å². The number of piperazine rings is 1. The molecule has 1 saturated heterocycles. The maximum absolute atomic E-state index is 15.4. The number of fused-ring (bicyclic) bond motifs is 2. The van der Waals surface area contributed by atoms with E-state index in [0.29, 0.717) is 43.9 Å². The second kappa shape index (κ2) is 21.1. The molecule has 2 fully saturated rings. The van der Waals surface area contributed by atoms with Crippen LogP contribution < -0.4 is 4.74 Å². The molecule has 0 radical (unpaired) electrons. The summed E-state index contributed by atoms with van der Waals surface area (Å²) in [6.07, 6.45) is 3.05. The zero-order chi connectivity index (χ0) is 46.3. The van der Waals surface area contributed by atoms with Gasteiger partial charge in [0.05, 0.1) is 31.9 Å². The summed E-state index contributed by atoms with van der Waals surface area (Å²) in [5.41, 5.74) is 3.83. The number of halogens is 6. The number of ether oxygens (including phenoxy) is 2. The van der Waals surface area contributed by atoms with Crippen LogP contribution in [0.1, 0.15) is 81.0 Å². The van der Waals surface area contributed by atoms with Crippen molar-refractivity contribution in [3.8, 4) is 5.75 Å². The molecule has 12 nitrogen and oxygen atoms in total. The molecule has 2 heterocycles. The van der Waals surface area contributed by atoms with Gasteiger partial charge in [0.2, 0.25) is 11.7 Å². The maximum atomic E-state index is 15.4. The van der Waals surface area contributed by atoms with Crippen LogP contribution in [0.4, 0.5) is 18.0 Å². The van der Waals surface area contributed by atoms with E-state index in [1.165, 1.54) is 4.90 Å². The number of hydrogen-bond donors (Lipinski definition) is 0. The fraction of sp³-hybridized carbons (Fsp3) is 0.500. The number of carbonyl (C=O) groups is 3. The van der Waals surface area contributed by atoms with Gasteiger partial charge in [-0.3, -0.25) is 9.59 Å². The Morgan fingerprint density at radius 1 is 0.891 bits per heavy atom. The summed E-state index contributed by atoms with van der Waals surface area (Å²) >= 11 is 19.1. The van der Waals surface area contributed by atoms with Crippen LogP contribution in [0.15, 0.2) is 66.2 Å². The fourth-order valence-electron chi connectivity index (χ4n) is 8.23. The second-order valence-corrected chi connectivity index (χ2v) is 19.4. The number of rotatable bonds is 19. The average molecular weight is 952 g/mol. The summed E-state index contributed by atoms with van der Waals surface area (Å²) in [5, 5.41) is 9.65. The van der Waals surface area contributed by atoms with E-state index in [4.69, 9.17) is 44.3 Å². The van der Waals surface area contributed by atoms with Crippen molar-refractivity contribution >= 4 is 58.3 Å². The number of carbonyl (C=O) groups excluding carboxylic acids is 3. The quantitative estimate of drug-likeness (QED) is 0.0382. The molecular weight excluding hydrogens is 900 g/mol. The third-order valence-corrected chi connectivity index (χ3v) is 13.6. The Bertz CT molecular complexity index is 2220. The summed E-state index contributed by atoms with van der Waals surface area (Å²) < 4.78 is 51.0. The van der Waals surface area contributed by atoms with E-state index in [0.717, 1.165) is 46.7 Å². The second-order valence-electron chi connectivity index (χ2n) is 17.1. The fourth-order valence-corrected chi connectivity index (χ4v) is 8.43. The molecule has 2 atom stereocenters. The minimum Gasteiger partial charge on any atom is -0.488 e. The predicted octanol–water partition coefficient (Wildman–Crippen LogP) is 9.61. The highest BCUT2D eigenvalue weighted by Gasteiger charge is 2.51. The standard InChI is InChI=1S/C46H52Cl3F3N4O8/c1-29-9-4-5-11-31(29)20-21-54(33-16-17-33)43(58)40-35(32-14-12-30(13-15-32)10-8-23-62-42-37(51)19-18-36(50)41(42)52)25-34-27-53(44(59)63-22-6-7-24-64-56(60)61)28-38(40)55(34)39(57)26-45(2,3)46(47,48)49/h4-5,9,11-15,18-19,33-34,38H,6-8,10,16-17,20-28H2,1-3H3. The van der Waals surface area contributed by atoms with Gasteiger partial charge in [0, 0.05) is 43.1 Å². The molecule has 3 aromatic carbocycles. The first-order chi connectivity index (χ1) is 30.4. The molecule has 3 amide bonds. The van der Waals surface area contributed by atoms with E-state index in [2.05, 4.69) is 4.84 Å². The molecule has 0 N–H and O–H groups in total. The van der Waals surface area contributed by atoms with E-state index < -0.39 is 55.7 Å². The number of amides is 3. The molecule has 2 bridgehead atoms. The van der Waals surface area contributed by atoms with Crippen LogP contribution in [-0.2, 0) is 32.0 Å². The van der Waals surface area contributed by atoms with Gasteiger partial charge in [-0.25, -0.2) is 13.6 Å². The Morgan fingerprint density at radius 2 is 1.58 bits per heavy atom. The number of alkyl halides is 3. The molecule has 1 aliphatic carbocycles. The minimum atomic E-state index is -1.80. The minimum absolute atomic E-state index is 0.0155. The van der Waals surface area contributed by atoms with Crippen LogP contribution in [0.2, 0.25) is 0 Å². The normalized spacial score (nSPS) is 17.6. The van der Waals surface area contributed by atoms with Crippen LogP contribution in [0.5, 0.6) is 5.75 Å². The van der Waals surface area contributed by atoms with Gasteiger partial charge in [-0.1, -0.05) is 97.2 Å². The van der Waals surface area contributed by atoms with Crippen molar-refractivity contribution in [2.75, 3.05) is 39.5 Å². The van der Waals surface area contributed by atoms with Gasteiger partial charge >= 0.3 is 6.09 Å². The third-order valence-electron chi connectivity index (χ3n) is 12.0. The largest absolute Gasteiger partial charge is 0.488 e. The van der Waals surface area contributed by atoms with Crippen molar-refractivity contribution in [1.82, 2.24) is 14.7 Å². The van der Waals surface area contributed by atoms with Crippen LogP contribution >= 0.6 is 34.8 Å². The molecule has 3 aromatic rings. The predicted molar refractivity (Wildman–Crippen MR) is 236 cm³/mol. The molecule has 2 unspecified atom stereocenters. The molecule has 64 heavy (non-hydrogen) atoms. The lowest BCUT2D eigenvalue weighted by atomic mass is 9.79. The van der Waals surface area contributed by atoms with Gasteiger partial charge in [0.15, 0.2) is 21.2 Å². The molecule has 6 rings (SSSR count). The smallest absolute Gasteiger partial charge is 0.409 e. The zero-order valence-electron chi connectivity index (χ0n) is 35.9.